The maximum atomic E-state index is 12.8. The highest BCUT2D eigenvalue weighted by Gasteiger charge is 2.38. The Morgan fingerprint density at radius 1 is 1.42 bits per heavy atom. The van der Waals surface area contributed by atoms with Crippen LogP contribution in [0, 0.1) is 5.92 Å². The highest BCUT2D eigenvalue weighted by atomic mass is 16.5. The average Bonchev–Trinajstić information content (AvgIpc) is 3.02. The van der Waals surface area contributed by atoms with Crippen LogP contribution in [-0.2, 0) is 9.59 Å². The smallest absolute Gasteiger partial charge is 0.270 e. The molecule has 7 heteroatoms. The Morgan fingerprint density at radius 2 is 2.12 bits per heavy atom. The third kappa shape index (κ3) is 3.29. The van der Waals surface area contributed by atoms with E-state index in [1.54, 1.807) is 12.1 Å². The zero-order chi connectivity index (χ0) is 17.3. The molecule has 1 aliphatic heterocycles. The van der Waals surface area contributed by atoms with E-state index in [0.717, 1.165) is 25.7 Å². The number of anilines is 2. The number of amides is 2. The first kappa shape index (κ1) is 16.5. The minimum atomic E-state index is -0.623. The summed E-state index contributed by atoms with van der Waals surface area (Å²) in [6, 6.07) is 3.53. The molecule has 0 aromatic carbocycles. The first-order valence-electron chi connectivity index (χ1n) is 8.49. The fourth-order valence-electron chi connectivity index (χ4n) is 3.24. The van der Waals surface area contributed by atoms with Crippen LogP contribution >= 0.6 is 0 Å². The van der Waals surface area contributed by atoms with Gasteiger partial charge in [0.2, 0.25) is 5.91 Å². The van der Waals surface area contributed by atoms with Gasteiger partial charge in [0.25, 0.3) is 5.91 Å². The van der Waals surface area contributed by atoms with E-state index in [1.807, 2.05) is 13.8 Å². The molecule has 2 heterocycles. The van der Waals surface area contributed by atoms with Gasteiger partial charge < -0.3 is 15.8 Å². The van der Waals surface area contributed by atoms with Crippen molar-refractivity contribution < 1.29 is 14.3 Å². The number of fused-ring (bicyclic) bond motifs is 1. The van der Waals surface area contributed by atoms with Crippen molar-refractivity contribution in [3.05, 3.63) is 12.1 Å². The summed E-state index contributed by atoms with van der Waals surface area (Å²) in [5.41, 5.74) is 5.74. The molecule has 1 aromatic rings. The van der Waals surface area contributed by atoms with Gasteiger partial charge in [-0.3, -0.25) is 14.5 Å². The lowest BCUT2D eigenvalue weighted by atomic mass is 10.0. The lowest BCUT2D eigenvalue weighted by molar-refractivity contribution is -0.130. The van der Waals surface area contributed by atoms with Crippen LogP contribution in [-0.4, -0.2) is 35.5 Å². The van der Waals surface area contributed by atoms with Gasteiger partial charge in [-0.15, -0.1) is 0 Å². The molecule has 1 atom stereocenters. The number of nitrogens with one attached hydrogen (secondary N) is 1. The number of hydrogen-bond donors (Lipinski definition) is 2. The predicted octanol–water partition coefficient (Wildman–Crippen LogP) is 1.47. The van der Waals surface area contributed by atoms with E-state index in [4.69, 9.17) is 10.5 Å². The summed E-state index contributed by atoms with van der Waals surface area (Å²) in [4.78, 5) is 30.7. The van der Waals surface area contributed by atoms with E-state index in [2.05, 4.69) is 10.3 Å². The molecule has 1 saturated carbocycles. The third-order valence-electron chi connectivity index (χ3n) is 4.51. The van der Waals surface area contributed by atoms with Crippen molar-refractivity contribution >= 4 is 23.5 Å². The summed E-state index contributed by atoms with van der Waals surface area (Å²) in [6.07, 6.45) is 3.65. The van der Waals surface area contributed by atoms with Gasteiger partial charge >= 0.3 is 0 Å². The van der Waals surface area contributed by atoms with Crippen LogP contribution in [0.2, 0.25) is 0 Å². The maximum Gasteiger partial charge on any atom is 0.270 e. The summed E-state index contributed by atoms with van der Waals surface area (Å²) in [5.74, 6) is 0.652. The number of hydrogen-bond acceptors (Lipinski definition) is 5. The minimum absolute atomic E-state index is 0.0106. The molecule has 2 aliphatic rings. The molecule has 1 fully saturated rings. The zero-order valence-corrected chi connectivity index (χ0v) is 14.1. The number of pyridine rings is 1. The summed E-state index contributed by atoms with van der Waals surface area (Å²) in [5, 5.41) is 3.00. The lowest BCUT2D eigenvalue weighted by Gasteiger charge is -2.34. The lowest BCUT2D eigenvalue weighted by Crippen LogP contribution is -2.52. The summed E-state index contributed by atoms with van der Waals surface area (Å²) in [6.45, 7) is 3.76. The topological polar surface area (TPSA) is 97.6 Å². The number of carbonyl (C=O) groups is 2. The molecule has 130 valence electrons. The molecule has 3 rings (SSSR count). The predicted molar refractivity (Wildman–Crippen MR) is 90.7 cm³/mol. The van der Waals surface area contributed by atoms with Crippen molar-refractivity contribution in [2.75, 3.05) is 17.2 Å². The molecule has 7 nitrogen and oxygen atoms in total. The van der Waals surface area contributed by atoms with Crippen molar-refractivity contribution in [1.82, 2.24) is 10.3 Å². The van der Waals surface area contributed by atoms with E-state index in [9.17, 15) is 9.59 Å². The van der Waals surface area contributed by atoms with E-state index in [1.165, 1.54) is 4.90 Å². The molecule has 0 radical (unpaired) electrons. The molecular weight excluding hydrogens is 308 g/mol. The van der Waals surface area contributed by atoms with Crippen molar-refractivity contribution in [2.45, 2.75) is 51.7 Å². The molecular formula is C17H24N4O3. The Bertz CT molecular complexity index is 641. The van der Waals surface area contributed by atoms with Crippen LogP contribution in [0.1, 0.15) is 39.5 Å². The van der Waals surface area contributed by atoms with Crippen LogP contribution in [0.5, 0.6) is 5.75 Å². The second-order valence-corrected chi connectivity index (χ2v) is 6.81. The van der Waals surface area contributed by atoms with Crippen LogP contribution in [0.3, 0.4) is 0 Å². The molecule has 2 amide bonds. The zero-order valence-electron chi connectivity index (χ0n) is 14.1. The number of nitrogens with two attached hydrogens (primary N) is 1. The van der Waals surface area contributed by atoms with Crippen LogP contribution < -0.4 is 20.7 Å². The summed E-state index contributed by atoms with van der Waals surface area (Å²) in [7, 11) is 0. The van der Waals surface area contributed by atoms with E-state index < -0.39 is 6.10 Å². The highest BCUT2D eigenvalue weighted by molar-refractivity contribution is 6.03. The van der Waals surface area contributed by atoms with Gasteiger partial charge in [-0.25, -0.2) is 4.98 Å². The molecule has 3 N–H and O–H groups in total. The van der Waals surface area contributed by atoms with Gasteiger partial charge in [0.15, 0.2) is 17.7 Å². The van der Waals surface area contributed by atoms with Crippen molar-refractivity contribution in [3.63, 3.8) is 0 Å². The van der Waals surface area contributed by atoms with Crippen molar-refractivity contribution in [2.24, 2.45) is 5.92 Å². The number of nitrogens with zero attached hydrogens (tertiary/aromatic N) is 2. The largest absolute Gasteiger partial charge is 0.476 e. The van der Waals surface area contributed by atoms with Crippen molar-refractivity contribution in [3.8, 4) is 5.75 Å². The Balaban J connectivity index is 1.82. The Hall–Kier alpha value is -2.31. The number of rotatable bonds is 4. The number of nitrogen functional groups attached to an aromatic ring is 1. The second-order valence-electron chi connectivity index (χ2n) is 6.81. The monoisotopic (exact) mass is 332 g/mol. The van der Waals surface area contributed by atoms with Crippen LogP contribution in [0.15, 0.2) is 12.1 Å². The fraction of sp³-hybridized carbons (Fsp3) is 0.588. The van der Waals surface area contributed by atoms with Gasteiger partial charge in [-0.1, -0.05) is 26.7 Å². The van der Waals surface area contributed by atoms with Crippen molar-refractivity contribution in [1.29, 1.82) is 0 Å². The maximum absolute atomic E-state index is 12.8. The van der Waals surface area contributed by atoms with Gasteiger partial charge in [-0.05, 0) is 30.9 Å². The highest BCUT2D eigenvalue weighted by Crippen LogP contribution is 2.34. The molecule has 24 heavy (non-hydrogen) atoms. The third-order valence-corrected chi connectivity index (χ3v) is 4.51. The quantitative estimate of drug-likeness (QED) is 0.870. The van der Waals surface area contributed by atoms with Crippen LogP contribution in [0.4, 0.5) is 11.6 Å². The SMILES string of the molecule is CC(C)C1Oc2ccc(N)nc2N(CC(=O)NC2CCCC2)C1=O. The Morgan fingerprint density at radius 3 is 2.79 bits per heavy atom. The summed E-state index contributed by atoms with van der Waals surface area (Å²) >= 11 is 0. The normalized spacial score (nSPS) is 20.9. The second kappa shape index (κ2) is 6.67. The standard InChI is InChI=1S/C17H24N4O3/c1-10(2)15-17(23)21(9-14(22)19-11-5-3-4-6-11)16-12(24-15)7-8-13(18)20-16/h7-8,10-11,15H,3-6,9H2,1-2H3,(H2,18,20)(H,19,22). The van der Waals surface area contributed by atoms with E-state index in [-0.39, 0.29) is 36.1 Å². The number of ether oxygens (including phenoxy) is 1. The van der Waals surface area contributed by atoms with Gasteiger partial charge in [0.1, 0.15) is 12.4 Å². The molecule has 0 spiro atoms. The number of aromatic nitrogens is 1. The Kier molecular flexibility index (Phi) is 4.59. The van der Waals surface area contributed by atoms with E-state index >= 15 is 0 Å². The molecule has 1 unspecified atom stereocenters. The molecule has 0 bridgehead atoms. The number of carbonyl (C=O) groups excluding carboxylic acids is 2. The van der Waals surface area contributed by atoms with Gasteiger partial charge in [0, 0.05) is 6.04 Å². The molecule has 1 aliphatic carbocycles. The molecule has 0 saturated heterocycles. The minimum Gasteiger partial charge on any atom is -0.476 e. The van der Waals surface area contributed by atoms with Gasteiger partial charge in [0.05, 0.1) is 0 Å². The molecule has 1 aromatic heterocycles. The Labute approximate surface area is 141 Å². The van der Waals surface area contributed by atoms with Crippen LogP contribution in [0.25, 0.3) is 0 Å². The first-order chi connectivity index (χ1) is 11.5. The van der Waals surface area contributed by atoms with Gasteiger partial charge in [-0.2, -0.15) is 0 Å². The first-order valence-corrected chi connectivity index (χ1v) is 8.49. The summed E-state index contributed by atoms with van der Waals surface area (Å²) < 4.78 is 5.76. The average molecular weight is 332 g/mol. The fourth-order valence-corrected chi connectivity index (χ4v) is 3.24. The van der Waals surface area contributed by atoms with E-state index in [0.29, 0.717) is 11.6 Å².